The standard InChI is InChI=1S/C35H46N4O8/c1-10-27-29-35(7,47-34(5,6)45-29)28(39(27)41)26-19-36-31(37-30(26)44-21-23-13-17-25(43-9)18-14-23)38(32(40)46-33(2,3)4)20-22-11-15-24(42-8)16-12-22/h11-19,27-29,41H,10,20-21H2,1-9H3/t27-,28+,29-,35+/m1/s1. The van der Waals surface area contributed by atoms with Crippen LogP contribution in [0.4, 0.5) is 10.7 Å². The molecule has 0 saturated carbocycles. The summed E-state index contributed by atoms with van der Waals surface area (Å²) in [6.07, 6.45) is 1.14. The van der Waals surface area contributed by atoms with E-state index in [0.717, 1.165) is 16.9 Å². The molecule has 254 valence electrons. The number of fused-ring (bicyclic) bond motifs is 1. The summed E-state index contributed by atoms with van der Waals surface area (Å²) in [6.45, 7) is 13.3. The minimum absolute atomic E-state index is 0.0729. The zero-order valence-corrected chi connectivity index (χ0v) is 28.6. The quantitative estimate of drug-likeness (QED) is 0.260. The van der Waals surface area contributed by atoms with Crippen LogP contribution in [-0.2, 0) is 27.4 Å². The topological polar surface area (TPSA) is 125 Å². The molecule has 0 aliphatic carbocycles. The number of ether oxygens (including phenoxy) is 6. The highest BCUT2D eigenvalue weighted by atomic mass is 16.8. The summed E-state index contributed by atoms with van der Waals surface area (Å²) in [4.78, 5) is 24.5. The Bertz CT molecular complexity index is 1540. The fourth-order valence-corrected chi connectivity index (χ4v) is 6.27. The van der Waals surface area contributed by atoms with E-state index >= 15 is 0 Å². The fourth-order valence-electron chi connectivity index (χ4n) is 6.27. The van der Waals surface area contributed by atoms with Gasteiger partial charge in [-0.3, -0.25) is 0 Å². The summed E-state index contributed by atoms with van der Waals surface area (Å²) >= 11 is 0. The van der Waals surface area contributed by atoms with Gasteiger partial charge in [-0.05, 0) is 83.4 Å². The second-order valence-corrected chi connectivity index (χ2v) is 13.5. The molecule has 5 rings (SSSR count). The maximum Gasteiger partial charge on any atom is 0.417 e. The molecule has 4 atom stereocenters. The summed E-state index contributed by atoms with van der Waals surface area (Å²) < 4.78 is 35.6. The van der Waals surface area contributed by atoms with Crippen molar-refractivity contribution in [1.82, 2.24) is 15.0 Å². The average Bonchev–Trinajstić information content (AvgIpc) is 3.38. The van der Waals surface area contributed by atoms with Crippen LogP contribution in [0.3, 0.4) is 0 Å². The lowest BCUT2D eigenvalue weighted by Crippen LogP contribution is -2.41. The number of hydroxylamine groups is 2. The fraction of sp³-hybridized carbons (Fsp3) is 0.514. The molecule has 1 amide bonds. The van der Waals surface area contributed by atoms with Gasteiger partial charge in [-0.15, -0.1) is 0 Å². The van der Waals surface area contributed by atoms with Gasteiger partial charge < -0.3 is 33.6 Å². The summed E-state index contributed by atoms with van der Waals surface area (Å²) in [5.41, 5.74) is 0.430. The summed E-state index contributed by atoms with van der Waals surface area (Å²) in [5, 5.41) is 12.9. The first-order chi connectivity index (χ1) is 22.2. The predicted octanol–water partition coefficient (Wildman–Crippen LogP) is 6.45. The van der Waals surface area contributed by atoms with E-state index in [9.17, 15) is 10.0 Å². The zero-order valence-electron chi connectivity index (χ0n) is 28.6. The van der Waals surface area contributed by atoms with Crippen LogP contribution in [0.5, 0.6) is 17.4 Å². The molecule has 3 heterocycles. The molecule has 3 aromatic rings. The molecule has 1 N–H and O–H groups in total. The molecular formula is C35H46N4O8. The Morgan fingerprint density at radius 3 is 2.15 bits per heavy atom. The van der Waals surface area contributed by atoms with Crippen molar-refractivity contribution in [1.29, 1.82) is 0 Å². The van der Waals surface area contributed by atoms with Gasteiger partial charge in [0.1, 0.15) is 35.4 Å². The summed E-state index contributed by atoms with van der Waals surface area (Å²) in [5.74, 6) is 0.795. The monoisotopic (exact) mass is 650 g/mol. The Hall–Kier alpha value is -3.97. The second kappa shape index (κ2) is 13.3. The second-order valence-electron chi connectivity index (χ2n) is 13.5. The third-order valence-electron chi connectivity index (χ3n) is 8.31. The lowest BCUT2D eigenvalue weighted by Gasteiger charge is -2.34. The predicted molar refractivity (Wildman–Crippen MR) is 174 cm³/mol. The van der Waals surface area contributed by atoms with Crippen LogP contribution in [0.1, 0.15) is 77.6 Å². The van der Waals surface area contributed by atoms with Crippen molar-refractivity contribution in [2.45, 2.75) is 103 Å². The Morgan fingerprint density at radius 1 is 1.00 bits per heavy atom. The number of methoxy groups -OCH3 is 2. The Labute approximate surface area is 276 Å². The van der Waals surface area contributed by atoms with Crippen molar-refractivity contribution < 1.29 is 38.4 Å². The number of hydrogen-bond acceptors (Lipinski definition) is 11. The Balaban J connectivity index is 1.58. The molecule has 0 unspecified atom stereocenters. The van der Waals surface area contributed by atoms with E-state index in [4.69, 9.17) is 33.4 Å². The normalized spacial score (nSPS) is 23.7. The number of carbonyl (C=O) groups is 1. The van der Waals surface area contributed by atoms with Crippen LogP contribution in [0.2, 0.25) is 0 Å². The van der Waals surface area contributed by atoms with Gasteiger partial charge in [-0.25, -0.2) is 14.7 Å². The summed E-state index contributed by atoms with van der Waals surface area (Å²) in [6, 6.07) is 13.7. The first-order valence-electron chi connectivity index (χ1n) is 15.8. The molecule has 47 heavy (non-hydrogen) atoms. The van der Waals surface area contributed by atoms with Crippen molar-refractivity contribution >= 4 is 12.0 Å². The van der Waals surface area contributed by atoms with Crippen molar-refractivity contribution in [3.63, 3.8) is 0 Å². The SMILES string of the molecule is CC[C@@H]1[C@H]2OC(C)(C)O[C@@]2(C)[C@H](c2cnc(N(Cc3ccc(OC)cc3)C(=O)OC(C)(C)C)nc2OCc2ccc(OC)cc2)N1O. The van der Waals surface area contributed by atoms with Gasteiger partial charge in [-0.2, -0.15) is 10.0 Å². The number of carbonyl (C=O) groups excluding carboxylic acids is 1. The van der Waals surface area contributed by atoms with E-state index in [1.54, 1.807) is 41.2 Å². The molecule has 0 spiro atoms. The number of aromatic nitrogens is 2. The van der Waals surface area contributed by atoms with Crippen LogP contribution in [0, 0.1) is 0 Å². The Morgan fingerprint density at radius 2 is 1.60 bits per heavy atom. The third-order valence-corrected chi connectivity index (χ3v) is 8.31. The molecule has 1 aromatic heterocycles. The molecule has 2 fully saturated rings. The molecule has 2 saturated heterocycles. The lowest BCUT2D eigenvalue weighted by molar-refractivity contribution is -0.230. The van der Waals surface area contributed by atoms with Crippen molar-refractivity contribution in [2.75, 3.05) is 19.1 Å². The van der Waals surface area contributed by atoms with Gasteiger partial charge in [0.05, 0.1) is 38.4 Å². The highest BCUT2D eigenvalue weighted by Crippen LogP contribution is 2.55. The van der Waals surface area contributed by atoms with Crippen molar-refractivity contribution in [3.8, 4) is 17.4 Å². The smallest absolute Gasteiger partial charge is 0.417 e. The third kappa shape index (κ3) is 7.30. The summed E-state index contributed by atoms with van der Waals surface area (Å²) in [7, 11) is 3.20. The molecule has 2 aliphatic rings. The molecule has 0 bridgehead atoms. The van der Waals surface area contributed by atoms with E-state index in [1.807, 2.05) is 76.2 Å². The molecule has 2 aromatic carbocycles. The van der Waals surface area contributed by atoms with Crippen molar-refractivity contribution in [2.24, 2.45) is 0 Å². The number of amides is 1. The van der Waals surface area contributed by atoms with E-state index in [1.165, 1.54) is 9.96 Å². The number of hydrogen-bond donors (Lipinski definition) is 1. The maximum atomic E-state index is 13.6. The number of benzene rings is 2. The van der Waals surface area contributed by atoms with Gasteiger partial charge in [0.25, 0.3) is 0 Å². The molecular weight excluding hydrogens is 604 g/mol. The van der Waals surface area contributed by atoms with Gasteiger partial charge in [-0.1, -0.05) is 31.2 Å². The minimum atomic E-state index is -0.962. The number of rotatable bonds is 10. The van der Waals surface area contributed by atoms with E-state index in [0.29, 0.717) is 17.7 Å². The highest BCUT2D eigenvalue weighted by molar-refractivity contribution is 5.85. The largest absolute Gasteiger partial charge is 0.497 e. The van der Waals surface area contributed by atoms with Crippen LogP contribution in [0.25, 0.3) is 0 Å². The van der Waals surface area contributed by atoms with Crippen molar-refractivity contribution in [3.05, 3.63) is 71.4 Å². The molecule has 0 radical (unpaired) electrons. The molecule has 12 heteroatoms. The number of nitrogens with zero attached hydrogens (tertiary/aromatic N) is 4. The number of anilines is 1. The van der Waals surface area contributed by atoms with Gasteiger partial charge >= 0.3 is 6.09 Å². The van der Waals surface area contributed by atoms with Crippen LogP contribution < -0.4 is 19.1 Å². The molecule has 12 nitrogen and oxygen atoms in total. The van der Waals surface area contributed by atoms with E-state index in [-0.39, 0.29) is 31.0 Å². The average molecular weight is 651 g/mol. The first kappa shape index (κ1) is 34.4. The van der Waals surface area contributed by atoms with Gasteiger partial charge in [0, 0.05) is 6.20 Å². The van der Waals surface area contributed by atoms with Crippen LogP contribution in [-0.4, -0.2) is 69.7 Å². The lowest BCUT2D eigenvalue weighted by atomic mass is 9.88. The minimum Gasteiger partial charge on any atom is -0.497 e. The van der Waals surface area contributed by atoms with E-state index < -0.39 is 35.2 Å². The Kier molecular flexibility index (Phi) is 9.70. The van der Waals surface area contributed by atoms with Gasteiger partial charge in [0.2, 0.25) is 11.8 Å². The maximum absolute atomic E-state index is 13.6. The first-order valence-corrected chi connectivity index (χ1v) is 15.8. The van der Waals surface area contributed by atoms with E-state index in [2.05, 4.69) is 4.98 Å². The van der Waals surface area contributed by atoms with Gasteiger partial charge in [0.15, 0.2) is 5.79 Å². The zero-order chi connectivity index (χ0) is 34.1. The van der Waals surface area contributed by atoms with Crippen LogP contribution in [0.15, 0.2) is 54.7 Å². The molecule has 2 aliphatic heterocycles. The highest BCUT2D eigenvalue weighted by Gasteiger charge is 2.66. The van der Waals surface area contributed by atoms with Crippen LogP contribution >= 0.6 is 0 Å².